The number of nitrogens with one attached hydrogen (secondary N) is 1. The number of hydrogen-bond donors (Lipinski definition) is 1. The van der Waals surface area contributed by atoms with Gasteiger partial charge in [-0.25, -0.2) is 0 Å². The Hall–Kier alpha value is -0.570. The summed E-state index contributed by atoms with van der Waals surface area (Å²) < 4.78 is 0. The van der Waals surface area contributed by atoms with E-state index in [2.05, 4.69) is 17.1 Å². The van der Waals surface area contributed by atoms with Crippen LogP contribution in [-0.2, 0) is 4.79 Å². The SMILES string of the molecule is CCC1CC(=O)N(CCC2CNC2)C1. The van der Waals surface area contributed by atoms with Gasteiger partial charge in [-0.15, -0.1) is 0 Å². The van der Waals surface area contributed by atoms with E-state index >= 15 is 0 Å². The summed E-state index contributed by atoms with van der Waals surface area (Å²) in [4.78, 5) is 13.6. The zero-order valence-corrected chi connectivity index (χ0v) is 8.96. The molecule has 3 nitrogen and oxygen atoms in total. The van der Waals surface area contributed by atoms with Crippen molar-refractivity contribution in [2.24, 2.45) is 11.8 Å². The van der Waals surface area contributed by atoms with E-state index in [9.17, 15) is 4.79 Å². The molecule has 2 heterocycles. The van der Waals surface area contributed by atoms with Crippen LogP contribution in [0.4, 0.5) is 0 Å². The summed E-state index contributed by atoms with van der Waals surface area (Å²) in [7, 11) is 0. The molecule has 1 N–H and O–H groups in total. The molecule has 0 saturated carbocycles. The lowest BCUT2D eigenvalue weighted by Crippen LogP contribution is -2.43. The lowest BCUT2D eigenvalue weighted by atomic mass is 9.99. The molecule has 80 valence electrons. The van der Waals surface area contributed by atoms with Crippen LogP contribution in [0.3, 0.4) is 0 Å². The molecular formula is C11H20N2O. The first-order valence-electron chi connectivity index (χ1n) is 5.78. The predicted octanol–water partition coefficient (Wildman–Crippen LogP) is 0.854. The van der Waals surface area contributed by atoms with Crippen LogP contribution in [0.25, 0.3) is 0 Å². The Balaban J connectivity index is 1.71. The van der Waals surface area contributed by atoms with Crippen LogP contribution in [0.15, 0.2) is 0 Å². The summed E-state index contributed by atoms with van der Waals surface area (Å²) in [6.45, 7) is 6.48. The first kappa shape index (κ1) is 9.97. The van der Waals surface area contributed by atoms with Gasteiger partial charge in [0.05, 0.1) is 0 Å². The van der Waals surface area contributed by atoms with E-state index in [-0.39, 0.29) is 0 Å². The van der Waals surface area contributed by atoms with Crippen LogP contribution in [0.1, 0.15) is 26.2 Å². The molecule has 0 aromatic carbocycles. The highest BCUT2D eigenvalue weighted by Gasteiger charge is 2.28. The van der Waals surface area contributed by atoms with Crippen molar-refractivity contribution in [3.63, 3.8) is 0 Å². The number of carbonyl (C=O) groups excluding carboxylic acids is 1. The van der Waals surface area contributed by atoms with Crippen LogP contribution in [0.5, 0.6) is 0 Å². The van der Waals surface area contributed by atoms with E-state index < -0.39 is 0 Å². The monoisotopic (exact) mass is 196 g/mol. The summed E-state index contributed by atoms with van der Waals surface area (Å²) in [6.07, 6.45) is 3.13. The van der Waals surface area contributed by atoms with Gasteiger partial charge in [-0.3, -0.25) is 4.79 Å². The Morgan fingerprint density at radius 2 is 2.21 bits per heavy atom. The van der Waals surface area contributed by atoms with Crippen LogP contribution in [0.2, 0.25) is 0 Å². The number of nitrogens with zero attached hydrogens (tertiary/aromatic N) is 1. The minimum Gasteiger partial charge on any atom is -0.342 e. The Bertz CT molecular complexity index is 213. The third kappa shape index (κ3) is 2.08. The third-order valence-electron chi connectivity index (χ3n) is 3.55. The maximum absolute atomic E-state index is 11.6. The summed E-state index contributed by atoms with van der Waals surface area (Å²) in [5, 5.41) is 3.26. The summed E-state index contributed by atoms with van der Waals surface area (Å²) in [6, 6.07) is 0. The lowest BCUT2D eigenvalue weighted by Gasteiger charge is -2.29. The quantitative estimate of drug-likeness (QED) is 0.723. The van der Waals surface area contributed by atoms with E-state index in [0.717, 1.165) is 44.9 Å². The molecule has 0 aromatic rings. The van der Waals surface area contributed by atoms with E-state index in [0.29, 0.717) is 11.8 Å². The molecule has 3 heteroatoms. The molecule has 1 amide bonds. The second kappa shape index (κ2) is 4.30. The Labute approximate surface area is 85.8 Å². The van der Waals surface area contributed by atoms with Crippen molar-refractivity contribution in [1.82, 2.24) is 10.2 Å². The fourth-order valence-electron chi connectivity index (χ4n) is 2.23. The standard InChI is InChI=1S/C11H20N2O/c1-2-9-5-11(14)13(8-9)4-3-10-6-12-7-10/h9-10,12H,2-8H2,1H3. The highest BCUT2D eigenvalue weighted by molar-refractivity contribution is 5.78. The lowest BCUT2D eigenvalue weighted by molar-refractivity contribution is -0.127. The second-order valence-electron chi connectivity index (χ2n) is 4.63. The fourth-order valence-corrected chi connectivity index (χ4v) is 2.23. The van der Waals surface area contributed by atoms with Crippen molar-refractivity contribution < 1.29 is 4.79 Å². The molecule has 0 spiro atoms. The van der Waals surface area contributed by atoms with Crippen molar-refractivity contribution in [1.29, 1.82) is 0 Å². The van der Waals surface area contributed by atoms with Crippen molar-refractivity contribution in [3.05, 3.63) is 0 Å². The molecule has 2 aliphatic heterocycles. The van der Waals surface area contributed by atoms with Crippen LogP contribution < -0.4 is 5.32 Å². The average Bonchev–Trinajstić information content (AvgIpc) is 2.45. The molecule has 0 radical (unpaired) electrons. The van der Waals surface area contributed by atoms with Crippen molar-refractivity contribution in [2.45, 2.75) is 26.2 Å². The minimum atomic E-state index is 0.379. The van der Waals surface area contributed by atoms with Crippen molar-refractivity contribution >= 4 is 5.91 Å². The van der Waals surface area contributed by atoms with Gasteiger partial charge < -0.3 is 10.2 Å². The number of likely N-dealkylation sites (tertiary alicyclic amines) is 1. The molecule has 0 bridgehead atoms. The van der Waals surface area contributed by atoms with Gasteiger partial charge in [-0.2, -0.15) is 0 Å². The van der Waals surface area contributed by atoms with Gasteiger partial charge in [0, 0.05) is 19.5 Å². The normalized spacial score (nSPS) is 28.2. The molecule has 1 atom stereocenters. The van der Waals surface area contributed by atoms with E-state index in [1.54, 1.807) is 0 Å². The van der Waals surface area contributed by atoms with Gasteiger partial charge in [0.25, 0.3) is 0 Å². The van der Waals surface area contributed by atoms with Gasteiger partial charge in [-0.05, 0) is 31.3 Å². The van der Waals surface area contributed by atoms with Crippen LogP contribution in [-0.4, -0.2) is 37.0 Å². The maximum Gasteiger partial charge on any atom is 0.222 e. The molecular weight excluding hydrogens is 176 g/mol. The highest BCUT2D eigenvalue weighted by Crippen LogP contribution is 2.21. The first-order valence-corrected chi connectivity index (χ1v) is 5.78. The van der Waals surface area contributed by atoms with Crippen molar-refractivity contribution in [3.8, 4) is 0 Å². The molecule has 2 fully saturated rings. The Morgan fingerprint density at radius 3 is 2.71 bits per heavy atom. The topological polar surface area (TPSA) is 32.3 Å². The molecule has 0 aromatic heterocycles. The first-order chi connectivity index (χ1) is 6.79. The van der Waals surface area contributed by atoms with E-state index in [1.165, 1.54) is 6.42 Å². The second-order valence-corrected chi connectivity index (χ2v) is 4.63. The van der Waals surface area contributed by atoms with Crippen LogP contribution >= 0.6 is 0 Å². The zero-order chi connectivity index (χ0) is 9.97. The summed E-state index contributed by atoms with van der Waals surface area (Å²) in [5.74, 6) is 1.83. The van der Waals surface area contributed by atoms with Gasteiger partial charge >= 0.3 is 0 Å². The fraction of sp³-hybridized carbons (Fsp3) is 0.909. The minimum absolute atomic E-state index is 0.379. The number of rotatable bonds is 4. The number of amides is 1. The van der Waals surface area contributed by atoms with Gasteiger partial charge in [0.1, 0.15) is 0 Å². The Kier molecular flexibility index (Phi) is 3.06. The summed E-state index contributed by atoms with van der Waals surface area (Å²) in [5.41, 5.74) is 0. The molecule has 2 aliphatic rings. The molecule has 2 rings (SSSR count). The average molecular weight is 196 g/mol. The third-order valence-corrected chi connectivity index (χ3v) is 3.55. The van der Waals surface area contributed by atoms with Gasteiger partial charge in [0.15, 0.2) is 0 Å². The van der Waals surface area contributed by atoms with Gasteiger partial charge in [-0.1, -0.05) is 13.3 Å². The molecule has 0 aliphatic carbocycles. The van der Waals surface area contributed by atoms with Gasteiger partial charge in [0.2, 0.25) is 5.91 Å². The Morgan fingerprint density at radius 1 is 1.43 bits per heavy atom. The largest absolute Gasteiger partial charge is 0.342 e. The molecule has 1 unspecified atom stereocenters. The smallest absolute Gasteiger partial charge is 0.222 e. The van der Waals surface area contributed by atoms with E-state index in [4.69, 9.17) is 0 Å². The van der Waals surface area contributed by atoms with Crippen LogP contribution in [0, 0.1) is 11.8 Å². The number of carbonyl (C=O) groups is 1. The van der Waals surface area contributed by atoms with Crippen molar-refractivity contribution in [2.75, 3.05) is 26.2 Å². The zero-order valence-electron chi connectivity index (χ0n) is 8.96. The van der Waals surface area contributed by atoms with E-state index in [1.807, 2.05) is 0 Å². The molecule has 14 heavy (non-hydrogen) atoms. The maximum atomic E-state index is 11.6. The highest BCUT2D eigenvalue weighted by atomic mass is 16.2. The predicted molar refractivity (Wildman–Crippen MR) is 56.0 cm³/mol. The summed E-state index contributed by atoms with van der Waals surface area (Å²) >= 11 is 0. The molecule has 2 saturated heterocycles. The number of hydrogen-bond acceptors (Lipinski definition) is 2.